The van der Waals surface area contributed by atoms with Crippen LogP contribution in [0.4, 0.5) is 0 Å². The van der Waals surface area contributed by atoms with E-state index in [1.807, 2.05) is 0 Å². The van der Waals surface area contributed by atoms with Crippen LogP contribution in [0.3, 0.4) is 0 Å². The van der Waals surface area contributed by atoms with Gasteiger partial charge in [-0.05, 0) is 43.7 Å². The maximum Gasteiger partial charge on any atom is 0.0588 e. The van der Waals surface area contributed by atoms with E-state index in [4.69, 9.17) is 4.74 Å². The van der Waals surface area contributed by atoms with E-state index in [0.717, 1.165) is 25.6 Å². The lowest BCUT2D eigenvalue weighted by Crippen LogP contribution is -2.31. The number of ether oxygens (including phenoxy) is 1. The molecule has 15 heavy (non-hydrogen) atoms. The van der Waals surface area contributed by atoms with Gasteiger partial charge in [0, 0.05) is 6.61 Å². The van der Waals surface area contributed by atoms with Crippen LogP contribution in [-0.4, -0.2) is 25.8 Å². The van der Waals surface area contributed by atoms with E-state index in [9.17, 15) is 0 Å². The number of rotatable bonds is 5. The summed E-state index contributed by atoms with van der Waals surface area (Å²) in [7, 11) is 0. The molecule has 0 bridgehead atoms. The molecule has 0 spiro atoms. The van der Waals surface area contributed by atoms with Crippen LogP contribution in [0.2, 0.25) is 0 Å². The predicted molar refractivity (Wildman–Crippen MR) is 65.1 cm³/mol. The van der Waals surface area contributed by atoms with E-state index in [1.165, 1.54) is 19.3 Å². The summed E-state index contributed by atoms with van der Waals surface area (Å²) >= 11 is 0. The van der Waals surface area contributed by atoms with Crippen molar-refractivity contribution in [3.05, 3.63) is 0 Å². The Labute approximate surface area is 94.8 Å². The van der Waals surface area contributed by atoms with Gasteiger partial charge in [0.05, 0.1) is 6.10 Å². The highest BCUT2D eigenvalue weighted by molar-refractivity contribution is 4.72. The molecular weight excluding hydrogens is 186 g/mol. The van der Waals surface area contributed by atoms with Gasteiger partial charge in [0.25, 0.3) is 0 Å². The Morgan fingerprint density at radius 1 is 1.40 bits per heavy atom. The van der Waals surface area contributed by atoms with Crippen LogP contribution in [0.5, 0.6) is 0 Å². The van der Waals surface area contributed by atoms with Crippen molar-refractivity contribution in [3.8, 4) is 0 Å². The topological polar surface area (TPSA) is 21.3 Å². The molecule has 1 N–H and O–H groups in total. The van der Waals surface area contributed by atoms with Crippen molar-refractivity contribution < 1.29 is 4.74 Å². The van der Waals surface area contributed by atoms with Crippen LogP contribution in [-0.2, 0) is 4.74 Å². The molecule has 1 rings (SSSR count). The van der Waals surface area contributed by atoms with Crippen LogP contribution < -0.4 is 5.32 Å². The van der Waals surface area contributed by atoms with E-state index in [-0.39, 0.29) is 0 Å². The third-order valence-corrected chi connectivity index (χ3v) is 3.60. The van der Waals surface area contributed by atoms with Crippen molar-refractivity contribution in [2.45, 2.75) is 53.1 Å². The van der Waals surface area contributed by atoms with Crippen LogP contribution in [0.15, 0.2) is 0 Å². The fourth-order valence-corrected chi connectivity index (χ4v) is 1.76. The highest BCUT2D eigenvalue weighted by atomic mass is 16.5. The Kier molecular flexibility index (Phi) is 5.07. The van der Waals surface area contributed by atoms with Gasteiger partial charge in [-0.25, -0.2) is 0 Å². The number of hydrogen-bond acceptors (Lipinski definition) is 2. The molecular formula is C13H27NO. The Balaban J connectivity index is 2.01. The van der Waals surface area contributed by atoms with Gasteiger partial charge in [0.2, 0.25) is 0 Å². The van der Waals surface area contributed by atoms with Crippen molar-refractivity contribution in [1.82, 2.24) is 5.32 Å². The van der Waals surface area contributed by atoms with Gasteiger partial charge in [-0.2, -0.15) is 0 Å². The monoisotopic (exact) mass is 213 g/mol. The van der Waals surface area contributed by atoms with Gasteiger partial charge in [0.15, 0.2) is 0 Å². The summed E-state index contributed by atoms with van der Waals surface area (Å²) in [5.74, 6) is 0.724. The second-order valence-electron chi connectivity index (χ2n) is 5.89. The van der Waals surface area contributed by atoms with Gasteiger partial charge >= 0.3 is 0 Å². The molecule has 2 heteroatoms. The van der Waals surface area contributed by atoms with Crippen molar-refractivity contribution in [2.24, 2.45) is 11.3 Å². The van der Waals surface area contributed by atoms with Crippen LogP contribution in [0.1, 0.15) is 47.0 Å². The van der Waals surface area contributed by atoms with E-state index < -0.39 is 0 Å². The van der Waals surface area contributed by atoms with Crippen LogP contribution in [0, 0.1) is 11.3 Å². The summed E-state index contributed by atoms with van der Waals surface area (Å²) in [4.78, 5) is 0. The SMILES string of the molecule is CC(CNCCC1CCCO1)C(C)(C)C. The molecule has 1 saturated heterocycles. The van der Waals surface area contributed by atoms with E-state index >= 15 is 0 Å². The molecule has 2 nitrogen and oxygen atoms in total. The lowest BCUT2D eigenvalue weighted by Gasteiger charge is -2.27. The number of hydrogen-bond donors (Lipinski definition) is 1. The molecule has 90 valence electrons. The standard InChI is InChI=1S/C13H27NO/c1-11(13(2,3)4)10-14-8-7-12-6-5-9-15-12/h11-12,14H,5-10H2,1-4H3. The van der Waals surface area contributed by atoms with E-state index in [0.29, 0.717) is 11.5 Å². The molecule has 2 atom stereocenters. The summed E-state index contributed by atoms with van der Waals surface area (Å²) in [6, 6.07) is 0. The summed E-state index contributed by atoms with van der Waals surface area (Å²) in [5, 5.41) is 3.54. The normalized spacial score (nSPS) is 24.4. The van der Waals surface area contributed by atoms with E-state index in [1.54, 1.807) is 0 Å². The van der Waals surface area contributed by atoms with Crippen molar-refractivity contribution in [3.63, 3.8) is 0 Å². The maximum atomic E-state index is 5.59. The first kappa shape index (κ1) is 13.0. The number of nitrogens with one attached hydrogen (secondary N) is 1. The fraction of sp³-hybridized carbons (Fsp3) is 1.00. The molecule has 0 aromatic heterocycles. The Morgan fingerprint density at radius 3 is 2.67 bits per heavy atom. The molecule has 0 saturated carbocycles. The highest BCUT2D eigenvalue weighted by Crippen LogP contribution is 2.24. The quantitative estimate of drug-likeness (QED) is 0.709. The van der Waals surface area contributed by atoms with Crippen molar-refractivity contribution in [2.75, 3.05) is 19.7 Å². The molecule has 2 unspecified atom stereocenters. The largest absolute Gasteiger partial charge is 0.378 e. The zero-order valence-electron chi connectivity index (χ0n) is 10.8. The second-order valence-corrected chi connectivity index (χ2v) is 5.89. The summed E-state index contributed by atoms with van der Waals surface area (Å²) in [5.41, 5.74) is 0.414. The summed E-state index contributed by atoms with van der Waals surface area (Å²) in [6.45, 7) is 12.4. The lowest BCUT2D eigenvalue weighted by atomic mass is 9.82. The third-order valence-electron chi connectivity index (χ3n) is 3.60. The molecule has 0 amide bonds. The van der Waals surface area contributed by atoms with Gasteiger partial charge in [-0.15, -0.1) is 0 Å². The van der Waals surface area contributed by atoms with Gasteiger partial charge in [0.1, 0.15) is 0 Å². The minimum atomic E-state index is 0.414. The van der Waals surface area contributed by atoms with Crippen molar-refractivity contribution in [1.29, 1.82) is 0 Å². The molecule has 1 aliphatic heterocycles. The molecule has 1 heterocycles. The summed E-state index contributed by atoms with van der Waals surface area (Å²) < 4.78 is 5.59. The van der Waals surface area contributed by atoms with Gasteiger partial charge in [-0.3, -0.25) is 0 Å². The smallest absolute Gasteiger partial charge is 0.0588 e. The Bertz CT molecular complexity index is 168. The fourth-order valence-electron chi connectivity index (χ4n) is 1.76. The molecule has 1 aliphatic rings. The minimum absolute atomic E-state index is 0.414. The Hall–Kier alpha value is -0.0800. The van der Waals surface area contributed by atoms with Gasteiger partial charge in [-0.1, -0.05) is 27.7 Å². The molecule has 0 aromatic carbocycles. The predicted octanol–water partition coefficient (Wildman–Crippen LogP) is 2.83. The molecule has 0 radical (unpaired) electrons. The molecule has 0 aromatic rings. The highest BCUT2D eigenvalue weighted by Gasteiger charge is 2.19. The third kappa shape index (κ3) is 4.98. The minimum Gasteiger partial charge on any atom is -0.378 e. The first-order valence-corrected chi connectivity index (χ1v) is 6.32. The first-order chi connectivity index (χ1) is 7.00. The second kappa shape index (κ2) is 5.86. The summed E-state index contributed by atoms with van der Waals surface area (Å²) in [6.07, 6.45) is 4.22. The maximum absolute atomic E-state index is 5.59. The molecule has 0 aliphatic carbocycles. The van der Waals surface area contributed by atoms with Crippen molar-refractivity contribution >= 4 is 0 Å². The first-order valence-electron chi connectivity index (χ1n) is 6.32. The van der Waals surface area contributed by atoms with Crippen LogP contribution >= 0.6 is 0 Å². The average molecular weight is 213 g/mol. The average Bonchev–Trinajstić information content (AvgIpc) is 2.63. The zero-order valence-corrected chi connectivity index (χ0v) is 10.8. The van der Waals surface area contributed by atoms with Crippen LogP contribution in [0.25, 0.3) is 0 Å². The molecule has 1 fully saturated rings. The Morgan fingerprint density at radius 2 is 2.13 bits per heavy atom. The van der Waals surface area contributed by atoms with E-state index in [2.05, 4.69) is 33.0 Å². The van der Waals surface area contributed by atoms with Gasteiger partial charge < -0.3 is 10.1 Å². The lowest BCUT2D eigenvalue weighted by molar-refractivity contribution is 0.103. The zero-order chi connectivity index (χ0) is 11.3.